The zero-order chi connectivity index (χ0) is 35.0. The molecular formula is C33H48FN6O7P. The molecule has 4 atom stereocenters. The summed E-state index contributed by atoms with van der Waals surface area (Å²) in [6, 6.07) is 7.11. The van der Waals surface area contributed by atoms with Gasteiger partial charge in [0.15, 0.2) is 17.1 Å². The molecular weight excluding hydrogens is 642 g/mol. The van der Waals surface area contributed by atoms with E-state index in [2.05, 4.69) is 32.9 Å². The van der Waals surface area contributed by atoms with Crippen LogP contribution in [-0.2, 0) is 29.9 Å². The molecule has 0 aliphatic carbocycles. The van der Waals surface area contributed by atoms with Gasteiger partial charge in [-0.05, 0) is 25.5 Å². The number of nitrogens with one attached hydrogen (secondary N) is 1. The predicted octanol–water partition coefficient (Wildman–Crippen LogP) is 5.57. The molecule has 2 aromatic heterocycles. The Bertz CT molecular complexity index is 1520. The number of rotatable bonds is 23. The van der Waals surface area contributed by atoms with Crippen LogP contribution in [0.1, 0.15) is 78.1 Å². The van der Waals surface area contributed by atoms with Gasteiger partial charge in [-0.25, -0.2) is 9.55 Å². The number of aromatic nitrogens is 4. The second kappa shape index (κ2) is 19.4. The smallest absolute Gasteiger partial charge is 0.459 e. The number of nitrogen functional groups attached to an aromatic ring is 1. The number of ether oxygens (including phenoxy) is 2. The molecule has 1 aromatic carbocycles. The van der Waals surface area contributed by atoms with E-state index in [9.17, 15) is 18.9 Å². The molecule has 2 unspecified atom stereocenters. The number of aliphatic hydroxyl groups excluding tert-OH is 1. The minimum Gasteiger partial charge on any atom is -0.465 e. The van der Waals surface area contributed by atoms with Crippen LogP contribution in [0.2, 0.25) is 0 Å². The average molecular weight is 691 g/mol. The van der Waals surface area contributed by atoms with Gasteiger partial charge in [0.1, 0.15) is 30.0 Å². The number of nitrogens with two attached hydrogens (primary N) is 1. The number of nitrogens with zero attached hydrogens (tertiary/aromatic N) is 4. The topological polar surface area (TPSA) is 173 Å². The summed E-state index contributed by atoms with van der Waals surface area (Å²) < 4.78 is 51.6. The van der Waals surface area contributed by atoms with Crippen molar-refractivity contribution in [3.05, 3.63) is 42.7 Å². The summed E-state index contributed by atoms with van der Waals surface area (Å²) in [6.45, 7) is 2.98. The number of hydrogen-bond donors (Lipinski definition) is 3. The van der Waals surface area contributed by atoms with Crippen molar-refractivity contribution in [2.45, 2.75) is 102 Å². The van der Waals surface area contributed by atoms with E-state index in [-0.39, 0.29) is 35.9 Å². The molecule has 264 valence electrons. The maximum Gasteiger partial charge on any atom is 0.459 e. The van der Waals surface area contributed by atoms with Gasteiger partial charge in [-0.15, -0.1) is 6.42 Å². The maximum atomic E-state index is 14.1. The Balaban J connectivity index is 1.61. The number of esters is 1. The van der Waals surface area contributed by atoms with Crippen LogP contribution in [0.5, 0.6) is 5.75 Å². The van der Waals surface area contributed by atoms with Gasteiger partial charge in [0, 0.05) is 7.11 Å². The number of aliphatic hydroxyl groups is 1. The van der Waals surface area contributed by atoms with Crippen LogP contribution in [0.3, 0.4) is 0 Å². The number of benzene rings is 1. The number of anilines is 1. The summed E-state index contributed by atoms with van der Waals surface area (Å²) in [7, 11) is -3.11. The fraction of sp³-hybridized carbons (Fsp3) is 0.576. The summed E-state index contributed by atoms with van der Waals surface area (Å²) in [5, 5.41) is 13.8. The largest absolute Gasteiger partial charge is 0.465 e. The molecule has 13 nitrogen and oxygen atoms in total. The highest BCUT2D eigenvalue weighted by atomic mass is 31.2. The van der Waals surface area contributed by atoms with Crippen molar-refractivity contribution in [1.29, 1.82) is 0 Å². The Kier molecular flexibility index (Phi) is 15.7. The number of fused-ring (bicyclic) bond motifs is 1. The second-order valence-corrected chi connectivity index (χ2v) is 13.3. The number of unbranched alkanes of at least 4 members (excludes halogenated alkanes) is 9. The molecule has 2 heterocycles. The van der Waals surface area contributed by atoms with E-state index < -0.39 is 44.1 Å². The zero-order valence-electron chi connectivity index (χ0n) is 28.0. The number of para-hydroxylation sites is 1. The Labute approximate surface area is 281 Å². The Morgan fingerprint density at radius 1 is 1.12 bits per heavy atom. The van der Waals surface area contributed by atoms with Crippen molar-refractivity contribution in [3.63, 3.8) is 0 Å². The van der Waals surface area contributed by atoms with Gasteiger partial charge in [-0.2, -0.15) is 19.4 Å². The van der Waals surface area contributed by atoms with Gasteiger partial charge in [0.05, 0.1) is 19.5 Å². The number of methoxy groups -OCH3 is 1. The molecule has 0 amide bonds. The minimum absolute atomic E-state index is 0.0203. The van der Waals surface area contributed by atoms with Crippen LogP contribution in [0.4, 0.5) is 10.2 Å². The van der Waals surface area contributed by atoms with E-state index in [1.165, 1.54) is 63.5 Å². The lowest BCUT2D eigenvalue weighted by Gasteiger charge is -2.33. The molecule has 0 saturated heterocycles. The van der Waals surface area contributed by atoms with Crippen molar-refractivity contribution >= 4 is 30.7 Å². The lowest BCUT2D eigenvalue weighted by molar-refractivity contribution is -0.145. The van der Waals surface area contributed by atoms with Crippen LogP contribution in [0, 0.1) is 18.4 Å². The predicted molar refractivity (Wildman–Crippen MR) is 180 cm³/mol. The summed E-state index contributed by atoms with van der Waals surface area (Å²) in [6.07, 6.45) is 16.0. The molecule has 0 radical (unpaired) electrons. The first-order chi connectivity index (χ1) is 23.1. The van der Waals surface area contributed by atoms with Crippen molar-refractivity contribution in [1.82, 2.24) is 24.6 Å². The Morgan fingerprint density at radius 2 is 1.77 bits per heavy atom. The molecule has 0 aliphatic rings. The fourth-order valence-corrected chi connectivity index (χ4v) is 6.48. The van der Waals surface area contributed by atoms with Gasteiger partial charge in [-0.3, -0.25) is 9.32 Å². The third-order valence-corrected chi connectivity index (χ3v) is 9.47. The molecule has 3 aromatic rings. The first-order valence-corrected chi connectivity index (χ1v) is 17.9. The molecule has 0 fully saturated rings. The molecule has 4 N–H and O–H groups in total. The highest BCUT2D eigenvalue weighted by molar-refractivity contribution is 7.52. The van der Waals surface area contributed by atoms with E-state index in [4.69, 9.17) is 30.7 Å². The number of hydrogen-bond acceptors (Lipinski definition) is 11. The molecule has 3 rings (SSSR count). The van der Waals surface area contributed by atoms with E-state index in [1.807, 2.05) is 0 Å². The van der Waals surface area contributed by atoms with E-state index in [1.54, 1.807) is 30.3 Å². The first kappa shape index (κ1) is 38.8. The molecule has 0 aliphatic heterocycles. The summed E-state index contributed by atoms with van der Waals surface area (Å²) >= 11 is 0. The maximum absolute atomic E-state index is 14.1. The van der Waals surface area contributed by atoms with Crippen molar-refractivity contribution in [3.8, 4) is 18.1 Å². The number of carbonyl (C=O) groups is 1. The number of imidazole rings is 1. The number of terminal acetylenes is 1. The van der Waals surface area contributed by atoms with Gasteiger partial charge in [0.25, 0.3) is 0 Å². The quantitative estimate of drug-likeness (QED) is 0.0372. The van der Waals surface area contributed by atoms with Crippen molar-refractivity contribution < 1.29 is 37.4 Å². The Morgan fingerprint density at radius 3 is 2.40 bits per heavy atom. The number of halogens is 1. The average Bonchev–Trinajstić information content (AvgIpc) is 3.47. The van der Waals surface area contributed by atoms with Crippen LogP contribution >= 0.6 is 7.75 Å². The van der Waals surface area contributed by atoms with Crippen molar-refractivity contribution in [2.75, 3.05) is 26.1 Å². The zero-order valence-corrected chi connectivity index (χ0v) is 28.9. The standard InChI is InChI=1S/C33H48FN6O7P/c1-5-7-8-9-10-11-12-13-14-18-21-45-31(42)25(3)39-48(43,47-26-19-16-15-17-20-26)46-23-33(6-2,44-4)27(41)22-40-24-36-28-29(35)37-32(34)38-30(28)40/h2,15-17,19-20,24-25,27,41H,5,7-14,18,21-23H2,1,3-4H3,(H,39,43)(H2,35,37,38)/t25-,27-,33?,48?/m0/s1. The highest BCUT2D eigenvalue weighted by Gasteiger charge is 2.42. The summed E-state index contributed by atoms with van der Waals surface area (Å²) in [5.41, 5.74) is 4.00. The summed E-state index contributed by atoms with van der Waals surface area (Å²) in [5.74, 6) is 1.74. The third-order valence-electron chi connectivity index (χ3n) is 7.85. The van der Waals surface area contributed by atoms with Crippen LogP contribution < -0.4 is 15.3 Å². The van der Waals surface area contributed by atoms with Gasteiger partial charge in [0.2, 0.25) is 0 Å². The van der Waals surface area contributed by atoms with Crippen LogP contribution in [0.15, 0.2) is 36.7 Å². The SMILES string of the molecule is C#CC(COP(=O)(N[C@@H](C)C(=O)OCCCCCCCCCCCC)Oc1ccccc1)(OC)[C@@H](O)Cn1cnc2c(N)nc(F)nc21. The Hall–Kier alpha value is -3.60. The second-order valence-electron chi connectivity index (χ2n) is 11.6. The van der Waals surface area contributed by atoms with Gasteiger partial charge >= 0.3 is 19.8 Å². The van der Waals surface area contributed by atoms with Crippen LogP contribution in [-0.4, -0.2) is 68.7 Å². The molecule has 0 bridgehead atoms. The molecule has 0 spiro atoms. The van der Waals surface area contributed by atoms with Gasteiger partial charge < -0.3 is 29.4 Å². The lowest BCUT2D eigenvalue weighted by Crippen LogP contribution is -2.49. The van der Waals surface area contributed by atoms with E-state index in [0.717, 1.165) is 25.7 Å². The van der Waals surface area contributed by atoms with Crippen LogP contribution in [0.25, 0.3) is 11.2 Å². The molecule has 0 saturated carbocycles. The van der Waals surface area contributed by atoms with Crippen molar-refractivity contribution in [2.24, 2.45) is 0 Å². The fourth-order valence-electron chi connectivity index (χ4n) is 4.96. The normalized spacial score (nSPS) is 15.2. The molecule has 15 heteroatoms. The first-order valence-electron chi connectivity index (χ1n) is 16.3. The van der Waals surface area contributed by atoms with E-state index in [0.29, 0.717) is 0 Å². The lowest BCUT2D eigenvalue weighted by atomic mass is 9.98. The minimum atomic E-state index is -4.35. The van der Waals surface area contributed by atoms with Gasteiger partial charge in [-0.1, -0.05) is 88.8 Å². The summed E-state index contributed by atoms with van der Waals surface area (Å²) in [4.78, 5) is 24.0. The molecule has 48 heavy (non-hydrogen) atoms. The van der Waals surface area contributed by atoms with E-state index >= 15 is 0 Å². The third kappa shape index (κ3) is 11.5. The monoisotopic (exact) mass is 690 g/mol. The number of carbonyl (C=O) groups excluding carboxylic acids is 1. The highest BCUT2D eigenvalue weighted by Crippen LogP contribution is 2.46.